The van der Waals surface area contributed by atoms with E-state index in [1.165, 1.54) is 38.3 Å². The summed E-state index contributed by atoms with van der Waals surface area (Å²) in [5.41, 5.74) is 0.972. The molecular weight excluding hydrogens is 429 g/mol. The Morgan fingerprint density at radius 1 is 1.23 bits per heavy atom. The number of amides is 1. The first kappa shape index (κ1) is 22.0. The fourth-order valence-corrected chi connectivity index (χ4v) is 3.26. The molecule has 0 saturated heterocycles. The number of anilines is 1. The number of carbonyl (C=O) groups excluding carboxylic acids is 2. The number of ether oxygens (including phenoxy) is 1. The van der Waals surface area contributed by atoms with Crippen molar-refractivity contribution in [1.82, 2.24) is 0 Å². The molecule has 0 saturated carbocycles. The number of benzene rings is 2. The minimum atomic E-state index is -4.76. The van der Waals surface area contributed by atoms with Crippen LogP contribution >= 0.6 is 11.6 Å². The van der Waals surface area contributed by atoms with Gasteiger partial charge < -0.3 is 4.74 Å². The van der Waals surface area contributed by atoms with Crippen LogP contribution in [0, 0.1) is 0 Å². The van der Waals surface area contributed by atoms with Crippen molar-refractivity contribution in [2.45, 2.75) is 6.92 Å². The van der Waals surface area contributed by atoms with Gasteiger partial charge in [-0.2, -0.15) is 0 Å². The Morgan fingerprint density at radius 2 is 1.85 bits per heavy atom. The van der Waals surface area contributed by atoms with Crippen LogP contribution in [0.1, 0.15) is 17.3 Å². The Bertz CT molecular complexity index is 811. The molecule has 2 aromatic rings. The Labute approximate surface area is 157 Å². The second-order valence-corrected chi connectivity index (χ2v) is 8.88. The van der Waals surface area contributed by atoms with Gasteiger partial charge >= 0.3 is 88.4 Å². The van der Waals surface area contributed by atoms with Gasteiger partial charge in [0.05, 0.1) is 12.7 Å². The van der Waals surface area contributed by atoms with Gasteiger partial charge in [-0.15, -0.1) is 0 Å². The minimum absolute atomic E-state index is 0.00438. The molecular formula is C16H17AsClNO7. The number of hydrogen-bond acceptors (Lipinski definition) is 6. The van der Waals surface area contributed by atoms with Crippen LogP contribution in [0.15, 0.2) is 42.5 Å². The van der Waals surface area contributed by atoms with Crippen molar-refractivity contribution in [3.8, 4) is 5.75 Å². The zero-order chi connectivity index (χ0) is 19.7. The second-order valence-electron chi connectivity index (χ2n) is 4.83. The van der Waals surface area contributed by atoms with E-state index < -0.39 is 14.2 Å². The van der Waals surface area contributed by atoms with E-state index in [9.17, 15) is 13.3 Å². The summed E-state index contributed by atoms with van der Waals surface area (Å²) in [6.45, 7) is 1.35. The van der Waals surface area contributed by atoms with Gasteiger partial charge in [0.1, 0.15) is 5.75 Å². The van der Waals surface area contributed by atoms with Crippen LogP contribution in [-0.2, 0) is 12.4 Å². The summed E-state index contributed by atoms with van der Waals surface area (Å²) >= 11 is 0.875. The molecule has 3 N–H and O–H groups in total. The number of halogens is 1. The first-order valence-electron chi connectivity index (χ1n) is 7.06. The van der Waals surface area contributed by atoms with E-state index in [1.54, 1.807) is 18.2 Å². The molecule has 0 aromatic heterocycles. The fourth-order valence-electron chi connectivity index (χ4n) is 1.78. The van der Waals surface area contributed by atoms with Crippen molar-refractivity contribution < 1.29 is 31.3 Å². The summed E-state index contributed by atoms with van der Waals surface area (Å²) in [6.07, 6.45) is 0.713. The van der Waals surface area contributed by atoms with Crippen LogP contribution in [0.2, 0.25) is 5.02 Å². The molecule has 0 bridgehead atoms. The third-order valence-electron chi connectivity index (χ3n) is 2.94. The van der Waals surface area contributed by atoms with Gasteiger partial charge in [-0.3, -0.25) is 4.79 Å². The molecule has 26 heavy (non-hydrogen) atoms. The summed E-state index contributed by atoms with van der Waals surface area (Å²) in [6, 6.07) is 10.4. The second kappa shape index (κ2) is 10.2. The number of hydrogen-bond donors (Lipinski definition) is 3. The molecule has 1 atom stereocenters. The molecule has 1 unspecified atom stereocenters. The Hall–Kier alpha value is -2.09. The van der Waals surface area contributed by atoms with Gasteiger partial charge in [0.25, 0.3) is 0 Å². The standard InChI is InChI=1S/C8H10AsNO5.C8H7ClO2/c1-6(11)10-8-4-2-7(3-5-8)9(12,13)15-14;1-11-8-3-2-7(9)4-6(8)5-10/h2-5,14H,1H3,(H,10,11)(H,12,13);2-5H,1H3. The maximum atomic E-state index is 11.2. The van der Waals surface area contributed by atoms with Crippen molar-refractivity contribution in [3.63, 3.8) is 0 Å². The van der Waals surface area contributed by atoms with Crippen LogP contribution in [0.5, 0.6) is 5.75 Å². The van der Waals surface area contributed by atoms with Gasteiger partial charge in [0, 0.05) is 5.02 Å². The first-order valence-corrected chi connectivity index (χ1v) is 10.7. The molecule has 140 valence electrons. The van der Waals surface area contributed by atoms with Gasteiger partial charge in [-0.05, 0) is 18.2 Å². The molecule has 0 heterocycles. The van der Waals surface area contributed by atoms with Gasteiger partial charge in [0.2, 0.25) is 0 Å². The summed E-state index contributed by atoms with van der Waals surface area (Å²) in [4.78, 5) is 21.1. The minimum Gasteiger partial charge on any atom is -0.496 e. The Kier molecular flexibility index (Phi) is 8.57. The van der Waals surface area contributed by atoms with E-state index in [1.807, 2.05) is 0 Å². The first-order chi connectivity index (χ1) is 12.2. The smallest absolute Gasteiger partial charge is 0.153 e. The normalized spacial score (nSPS) is 12.2. The Balaban J connectivity index is 0.000000273. The SMILES string of the molecule is CC(=O)Nc1ccc([As](=O)(O)OO)cc1.COc1ccc(Cl)cc1C=O. The molecule has 0 radical (unpaired) electrons. The molecule has 10 heteroatoms. The van der Waals surface area contributed by atoms with Crippen molar-refractivity contribution in [1.29, 1.82) is 0 Å². The van der Waals surface area contributed by atoms with E-state index in [0.29, 0.717) is 28.3 Å². The van der Waals surface area contributed by atoms with Crippen molar-refractivity contribution in [3.05, 3.63) is 53.1 Å². The molecule has 8 nitrogen and oxygen atoms in total. The van der Waals surface area contributed by atoms with E-state index in [2.05, 4.69) is 9.19 Å². The van der Waals surface area contributed by atoms with Crippen LogP contribution < -0.4 is 14.4 Å². The Morgan fingerprint density at radius 3 is 2.31 bits per heavy atom. The molecule has 2 rings (SSSR count). The number of nitrogens with one attached hydrogen (secondary N) is 1. The van der Waals surface area contributed by atoms with Crippen LogP contribution in [0.3, 0.4) is 0 Å². The number of carbonyl (C=O) groups is 2. The quantitative estimate of drug-likeness (QED) is 0.278. The summed E-state index contributed by atoms with van der Waals surface area (Å²) in [7, 11) is 1.51. The number of aldehydes is 1. The number of methoxy groups -OCH3 is 1. The summed E-state index contributed by atoms with van der Waals surface area (Å²) in [5.74, 6) is 0.308. The third kappa shape index (κ3) is 6.66. The van der Waals surface area contributed by atoms with E-state index in [4.69, 9.17) is 25.7 Å². The monoisotopic (exact) mass is 445 g/mol. The average Bonchev–Trinajstić information content (AvgIpc) is 2.62. The summed E-state index contributed by atoms with van der Waals surface area (Å²) < 4.78 is 28.7. The number of rotatable bonds is 5. The zero-order valence-corrected chi connectivity index (χ0v) is 16.5. The molecule has 0 fully saturated rings. The van der Waals surface area contributed by atoms with Gasteiger partial charge in [-0.25, -0.2) is 0 Å². The summed E-state index contributed by atoms with van der Waals surface area (Å²) in [5, 5.41) is 11.2. The third-order valence-corrected chi connectivity index (χ3v) is 5.64. The molecule has 0 spiro atoms. The van der Waals surface area contributed by atoms with E-state index >= 15 is 0 Å². The van der Waals surface area contributed by atoms with Gasteiger partial charge in [0.15, 0.2) is 6.29 Å². The molecule has 0 aliphatic heterocycles. The van der Waals surface area contributed by atoms with Crippen molar-refractivity contribution in [2.24, 2.45) is 0 Å². The average molecular weight is 446 g/mol. The molecule has 0 aliphatic carbocycles. The predicted molar refractivity (Wildman–Crippen MR) is 96.1 cm³/mol. The van der Waals surface area contributed by atoms with Crippen LogP contribution in [0.4, 0.5) is 5.69 Å². The van der Waals surface area contributed by atoms with Gasteiger partial charge in [-0.1, -0.05) is 11.6 Å². The van der Waals surface area contributed by atoms with Crippen LogP contribution in [0.25, 0.3) is 0 Å². The molecule has 2 aromatic carbocycles. The largest absolute Gasteiger partial charge is 0.496 e. The van der Waals surface area contributed by atoms with Crippen molar-refractivity contribution in [2.75, 3.05) is 12.4 Å². The maximum Gasteiger partial charge on any atom is 0.153 e. The zero-order valence-electron chi connectivity index (χ0n) is 13.9. The maximum absolute atomic E-state index is 11.2. The topological polar surface area (TPSA) is 122 Å². The fraction of sp³-hybridized carbons (Fsp3) is 0.125. The van der Waals surface area contributed by atoms with Crippen LogP contribution in [-0.4, -0.2) is 42.8 Å². The predicted octanol–water partition coefficient (Wildman–Crippen LogP) is 1.86. The van der Waals surface area contributed by atoms with E-state index in [0.717, 1.165) is 0 Å². The van der Waals surface area contributed by atoms with E-state index in [-0.39, 0.29) is 10.3 Å². The van der Waals surface area contributed by atoms with Crippen molar-refractivity contribution >= 4 is 48.0 Å². The molecule has 0 aliphatic rings. The molecule has 1 amide bonds.